The van der Waals surface area contributed by atoms with Crippen LogP contribution in [0.5, 0.6) is 0 Å². The van der Waals surface area contributed by atoms with Gasteiger partial charge in [0.15, 0.2) is 0 Å². The smallest absolute Gasteiger partial charge is 0.323 e. The first-order valence-corrected chi connectivity index (χ1v) is 6.04. The van der Waals surface area contributed by atoms with Crippen molar-refractivity contribution >= 4 is 13.8 Å². The van der Waals surface area contributed by atoms with Crippen LogP contribution in [0.25, 0.3) is 0 Å². The highest BCUT2D eigenvalue weighted by Gasteiger charge is 2.41. The van der Waals surface area contributed by atoms with Gasteiger partial charge < -0.3 is 16.2 Å². The minimum atomic E-state index is -1.06. The summed E-state index contributed by atoms with van der Waals surface area (Å²) in [5, 5.41) is 12.5. The molecule has 90 valence electrons. The monoisotopic (exact) mass is 224 g/mol. The summed E-state index contributed by atoms with van der Waals surface area (Å²) >= 11 is 0. The van der Waals surface area contributed by atoms with Gasteiger partial charge in [-0.3, -0.25) is 4.79 Å². The molecule has 0 aromatic heterocycles. The highest BCUT2D eigenvalue weighted by molar-refractivity contribution is 6.08. The second-order valence-electron chi connectivity index (χ2n) is 4.62. The van der Waals surface area contributed by atoms with Crippen molar-refractivity contribution in [2.45, 2.75) is 44.0 Å². The average molecular weight is 224 g/mol. The number of unbranched alkanes of at least 4 members (excludes halogenated alkanes) is 1. The SMILES string of the molecule is [B]CCCCC(N)(C(=O)O)C1CCNCC1. The molecule has 1 aliphatic heterocycles. The molecular formula is C11H21BN2O2. The molecule has 16 heavy (non-hydrogen) atoms. The number of nitrogens with one attached hydrogen (secondary N) is 1. The average Bonchev–Trinajstić information content (AvgIpc) is 2.30. The fourth-order valence-electron chi connectivity index (χ4n) is 2.38. The minimum Gasteiger partial charge on any atom is -0.480 e. The number of carboxylic acids is 1. The summed E-state index contributed by atoms with van der Waals surface area (Å²) in [6, 6.07) is 0. The van der Waals surface area contributed by atoms with E-state index < -0.39 is 11.5 Å². The molecule has 4 N–H and O–H groups in total. The van der Waals surface area contributed by atoms with E-state index in [1.807, 2.05) is 0 Å². The maximum atomic E-state index is 11.3. The van der Waals surface area contributed by atoms with Crippen LogP contribution in [0.2, 0.25) is 6.32 Å². The summed E-state index contributed by atoms with van der Waals surface area (Å²) in [5.41, 5.74) is 5.03. The molecule has 1 unspecified atom stereocenters. The molecule has 0 spiro atoms. The highest BCUT2D eigenvalue weighted by Crippen LogP contribution is 2.29. The summed E-state index contributed by atoms with van der Waals surface area (Å²) in [4.78, 5) is 11.3. The van der Waals surface area contributed by atoms with E-state index in [2.05, 4.69) is 5.32 Å². The molecule has 0 amide bonds. The van der Waals surface area contributed by atoms with E-state index in [1.54, 1.807) is 0 Å². The van der Waals surface area contributed by atoms with Crippen LogP contribution in [-0.2, 0) is 4.79 Å². The van der Waals surface area contributed by atoms with Crippen molar-refractivity contribution in [3.63, 3.8) is 0 Å². The minimum absolute atomic E-state index is 0.0871. The normalized spacial score (nSPS) is 21.6. The Morgan fingerprint density at radius 3 is 2.56 bits per heavy atom. The van der Waals surface area contributed by atoms with Gasteiger partial charge in [0.05, 0.1) is 7.85 Å². The largest absolute Gasteiger partial charge is 0.480 e. The number of carboxylic acid groups (broad SMARTS) is 1. The number of aliphatic carboxylic acids is 1. The van der Waals surface area contributed by atoms with Gasteiger partial charge in [-0.05, 0) is 38.3 Å². The molecule has 1 saturated heterocycles. The van der Waals surface area contributed by atoms with Crippen molar-refractivity contribution in [2.75, 3.05) is 13.1 Å². The van der Waals surface area contributed by atoms with Crippen LogP contribution in [0.3, 0.4) is 0 Å². The van der Waals surface area contributed by atoms with Crippen LogP contribution in [0.1, 0.15) is 32.1 Å². The van der Waals surface area contributed by atoms with Gasteiger partial charge in [-0.1, -0.05) is 19.2 Å². The second kappa shape index (κ2) is 6.25. The molecule has 0 saturated carbocycles. The van der Waals surface area contributed by atoms with E-state index in [4.69, 9.17) is 13.6 Å². The molecule has 1 atom stereocenters. The summed E-state index contributed by atoms with van der Waals surface area (Å²) in [6.45, 7) is 1.74. The van der Waals surface area contributed by atoms with Crippen molar-refractivity contribution < 1.29 is 9.90 Å². The van der Waals surface area contributed by atoms with Gasteiger partial charge in [0, 0.05) is 0 Å². The molecule has 1 fully saturated rings. The standard InChI is InChI=1S/C11H21BN2O2/c12-6-2-1-5-11(13,10(15)16)9-3-7-14-8-4-9/h9,14H,1-8,13H2,(H,15,16). The third kappa shape index (κ3) is 3.22. The van der Waals surface area contributed by atoms with Crippen molar-refractivity contribution in [2.24, 2.45) is 11.7 Å². The fourth-order valence-corrected chi connectivity index (χ4v) is 2.38. The molecular weight excluding hydrogens is 203 g/mol. The van der Waals surface area contributed by atoms with Crippen LogP contribution in [0, 0.1) is 5.92 Å². The van der Waals surface area contributed by atoms with E-state index in [0.717, 1.165) is 38.8 Å². The van der Waals surface area contributed by atoms with E-state index in [-0.39, 0.29) is 5.92 Å². The maximum Gasteiger partial charge on any atom is 0.323 e. The van der Waals surface area contributed by atoms with Crippen LogP contribution in [0.15, 0.2) is 0 Å². The Balaban J connectivity index is 2.58. The summed E-state index contributed by atoms with van der Waals surface area (Å²) < 4.78 is 0. The number of hydrogen-bond acceptors (Lipinski definition) is 3. The molecule has 1 heterocycles. The molecule has 1 aliphatic rings. The Morgan fingerprint density at radius 2 is 2.06 bits per heavy atom. The van der Waals surface area contributed by atoms with Crippen LogP contribution in [-0.4, -0.2) is 37.6 Å². The lowest BCUT2D eigenvalue weighted by atomic mass is 9.75. The Bertz CT molecular complexity index is 232. The summed E-state index contributed by atoms with van der Waals surface area (Å²) in [6.07, 6.45) is 4.48. The predicted molar refractivity (Wildman–Crippen MR) is 64.6 cm³/mol. The molecule has 5 heteroatoms. The van der Waals surface area contributed by atoms with Crippen molar-refractivity contribution in [1.82, 2.24) is 5.32 Å². The number of carbonyl (C=O) groups is 1. The molecule has 0 bridgehead atoms. The van der Waals surface area contributed by atoms with Crippen LogP contribution in [0.4, 0.5) is 0 Å². The molecule has 2 radical (unpaired) electrons. The van der Waals surface area contributed by atoms with E-state index in [0.29, 0.717) is 12.7 Å². The van der Waals surface area contributed by atoms with Gasteiger partial charge in [0.1, 0.15) is 5.54 Å². The van der Waals surface area contributed by atoms with Crippen molar-refractivity contribution in [1.29, 1.82) is 0 Å². The zero-order chi connectivity index (χ0) is 12.0. The molecule has 0 aromatic rings. The van der Waals surface area contributed by atoms with Gasteiger partial charge in [-0.15, -0.1) is 0 Å². The maximum absolute atomic E-state index is 11.3. The lowest BCUT2D eigenvalue weighted by Gasteiger charge is -2.36. The quantitative estimate of drug-likeness (QED) is 0.454. The Hall–Kier alpha value is -0.545. The lowest BCUT2D eigenvalue weighted by molar-refractivity contribution is -0.146. The van der Waals surface area contributed by atoms with Gasteiger partial charge in [-0.2, -0.15) is 0 Å². The number of hydrogen-bond donors (Lipinski definition) is 3. The van der Waals surface area contributed by atoms with Gasteiger partial charge in [0.2, 0.25) is 0 Å². The second-order valence-corrected chi connectivity index (χ2v) is 4.62. The molecule has 0 aliphatic carbocycles. The van der Waals surface area contributed by atoms with Crippen molar-refractivity contribution in [3.05, 3.63) is 0 Å². The molecule has 0 aromatic carbocycles. The zero-order valence-corrected chi connectivity index (χ0v) is 9.74. The first-order chi connectivity index (χ1) is 7.61. The van der Waals surface area contributed by atoms with Gasteiger partial charge in [0.25, 0.3) is 0 Å². The summed E-state index contributed by atoms with van der Waals surface area (Å²) in [5.74, 6) is -0.777. The topological polar surface area (TPSA) is 75.4 Å². The Labute approximate surface area is 98.4 Å². The van der Waals surface area contributed by atoms with Crippen LogP contribution < -0.4 is 11.1 Å². The fraction of sp³-hybridized carbons (Fsp3) is 0.909. The predicted octanol–water partition coefficient (Wildman–Crippen LogP) is 0.525. The number of rotatable bonds is 6. The third-order valence-electron chi connectivity index (χ3n) is 3.51. The molecule has 4 nitrogen and oxygen atoms in total. The van der Waals surface area contributed by atoms with Gasteiger partial charge in [-0.25, -0.2) is 0 Å². The molecule has 1 rings (SSSR count). The van der Waals surface area contributed by atoms with E-state index >= 15 is 0 Å². The Kier molecular flexibility index (Phi) is 5.28. The lowest BCUT2D eigenvalue weighted by Crippen LogP contribution is -2.56. The Morgan fingerprint density at radius 1 is 1.44 bits per heavy atom. The zero-order valence-electron chi connectivity index (χ0n) is 9.74. The first-order valence-electron chi connectivity index (χ1n) is 6.04. The van der Waals surface area contributed by atoms with E-state index in [9.17, 15) is 9.90 Å². The highest BCUT2D eigenvalue weighted by atomic mass is 16.4. The van der Waals surface area contributed by atoms with E-state index in [1.165, 1.54) is 0 Å². The van der Waals surface area contributed by atoms with Crippen LogP contribution >= 0.6 is 0 Å². The number of nitrogens with two attached hydrogens (primary N) is 1. The first kappa shape index (κ1) is 13.5. The number of piperidine rings is 1. The van der Waals surface area contributed by atoms with Crippen molar-refractivity contribution in [3.8, 4) is 0 Å². The summed E-state index contributed by atoms with van der Waals surface area (Å²) in [7, 11) is 5.41. The van der Waals surface area contributed by atoms with Gasteiger partial charge >= 0.3 is 5.97 Å². The third-order valence-corrected chi connectivity index (χ3v) is 3.51.